The zero-order chi connectivity index (χ0) is 24.2. The van der Waals surface area contributed by atoms with Crippen molar-refractivity contribution in [3.63, 3.8) is 0 Å². The summed E-state index contributed by atoms with van der Waals surface area (Å²) >= 11 is 6.54. The van der Waals surface area contributed by atoms with E-state index in [2.05, 4.69) is 0 Å². The molecule has 34 heavy (non-hydrogen) atoms. The van der Waals surface area contributed by atoms with E-state index in [0.717, 1.165) is 17.3 Å². The van der Waals surface area contributed by atoms with Crippen LogP contribution in [-0.4, -0.2) is 28.4 Å². The normalized spacial score (nSPS) is 14.5. The number of carbonyl (C=O) groups excluding carboxylic acids is 1. The molecule has 1 amide bonds. The summed E-state index contributed by atoms with van der Waals surface area (Å²) in [5.74, 6) is -0.663. The van der Waals surface area contributed by atoms with Crippen LogP contribution < -0.4 is 14.4 Å². The van der Waals surface area contributed by atoms with Gasteiger partial charge in [0.2, 0.25) is 0 Å². The maximum Gasteiger partial charge on any atom is 0.335 e. The predicted octanol–water partition coefficient (Wildman–Crippen LogP) is 5.52. The Morgan fingerprint density at radius 2 is 1.79 bits per heavy atom. The van der Waals surface area contributed by atoms with Crippen LogP contribution in [0, 0.1) is 5.82 Å². The van der Waals surface area contributed by atoms with Gasteiger partial charge in [0.15, 0.2) is 15.8 Å². The van der Waals surface area contributed by atoms with Gasteiger partial charge in [0.1, 0.15) is 12.4 Å². The standard InChI is InChI=1S/C25H18FNO5S2/c1-31-21-12-16(4-11-20(21)32-14-15-2-7-18(26)8-3-15)13-22-23(28)27(25(33)34-22)19-9-5-17(6-10-19)24(29)30/h2-13H,14H2,1H3,(H,29,30)/b22-13+. The number of carboxylic acids is 1. The third-order valence-corrected chi connectivity index (χ3v) is 6.26. The molecule has 1 saturated heterocycles. The largest absolute Gasteiger partial charge is 0.493 e. The molecule has 0 radical (unpaired) electrons. The number of methoxy groups -OCH3 is 1. The summed E-state index contributed by atoms with van der Waals surface area (Å²) < 4.78 is 24.7. The highest BCUT2D eigenvalue weighted by atomic mass is 32.2. The smallest absolute Gasteiger partial charge is 0.335 e. The van der Waals surface area contributed by atoms with Gasteiger partial charge in [-0.25, -0.2) is 9.18 Å². The van der Waals surface area contributed by atoms with E-state index in [1.165, 1.54) is 36.3 Å². The molecular weight excluding hydrogens is 477 g/mol. The van der Waals surface area contributed by atoms with E-state index in [1.54, 1.807) is 48.5 Å². The number of amides is 1. The first-order valence-corrected chi connectivity index (χ1v) is 11.2. The number of thiocarbonyl (C=S) groups is 1. The van der Waals surface area contributed by atoms with E-state index < -0.39 is 5.97 Å². The number of halogens is 1. The van der Waals surface area contributed by atoms with Crippen molar-refractivity contribution in [1.82, 2.24) is 0 Å². The van der Waals surface area contributed by atoms with Gasteiger partial charge < -0.3 is 14.6 Å². The number of aromatic carboxylic acids is 1. The van der Waals surface area contributed by atoms with Gasteiger partial charge >= 0.3 is 5.97 Å². The van der Waals surface area contributed by atoms with Gasteiger partial charge in [-0.05, 0) is 65.7 Å². The Morgan fingerprint density at radius 1 is 1.09 bits per heavy atom. The molecule has 9 heteroatoms. The zero-order valence-corrected chi connectivity index (χ0v) is 19.5. The SMILES string of the molecule is COc1cc(/C=C2/SC(=S)N(c3ccc(C(=O)O)cc3)C2=O)ccc1OCc1ccc(F)cc1. The number of rotatable bonds is 7. The van der Waals surface area contributed by atoms with Gasteiger partial charge in [-0.3, -0.25) is 9.69 Å². The molecule has 172 valence electrons. The Bertz CT molecular complexity index is 1290. The molecule has 1 fully saturated rings. The van der Waals surface area contributed by atoms with Gasteiger partial charge in [0.25, 0.3) is 5.91 Å². The number of ether oxygens (including phenoxy) is 2. The molecule has 1 aliphatic rings. The third-order valence-electron chi connectivity index (χ3n) is 4.96. The number of anilines is 1. The maximum absolute atomic E-state index is 13.1. The molecule has 0 aliphatic carbocycles. The number of hydrogen-bond acceptors (Lipinski definition) is 6. The quantitative estimate of drug-likeness (QED) is 0.342. The van der Waals surface area contributed by atoms with Crippen molar-refractivity contribution in [3.05, 3.63) is 94.1 Å². The van der Waals surface area contributed by atoms with Gasteiger partial charge in [-0.15, -0.1) is 0 Å². The number of hydrogen-bond donors (Lipinski definition) is 1. The first-order valence-electron chi connectivity index (χ1n) is 10.0. The van der Waals surface area contributed by atoms with Crippen LogP contribution in [0.2, 0.25) is 0 Å². The predicted molar refractivity (Wildman–Crippen MR) is 133 cm³/mol. The molecule has 0 bridgehead atoms. The van der Waals surface area contributed by atoms with E-state index >= 15 is 0 Å². The molecule has 3 aromatic rings. The molecule has 0 unspecified atom stereocenters. The summed E-state index contributed by atoms with van der Waals surface area (Å²) in [4.78, 5) is 25.9. The van der Waals surface area contributed by atoms with E-state index in [0.29, 0.717) is 32.0 Å². The lowest BCUT2D eigenvalue weighted by atomic mass is 10.1. The van der Waals surface area contributed by atoms with Gasteiger partial charge in [0, 0.05) is 0 Å². The van der Waals surface area contributed by atoms with Crippen molar-refractivity contribution in [1.29, 1.82) is 0 Å². The molecule has 1 N–H and O–H groups in total. The van der Waals surface area contributed by atoms with E-state index in [-0.39, 0.29) is 23.9 Å². The highest BCUT2D eigenvalue weighted by Crippen LogP contribution is 2.37. The molecule has 4 rings (SSSR count). The minimum absolute atomic E-state index is 0.124. The second-order valence-corrected chi connectivity index (χ2v) is 8.87. The van der Waals surface area contributed by atoms with Crippen molar-refractivity contribution in [2.75, 3.05) is 12.0 Å². The summed E-state index contributed by atoms with van der Waals surface area (Å²) in [6.07, 6.45) is 1.71. The molecule has 0 aromatic heterocycles. The molecular formula is C25H18FNO5S2. The molecule has 1 heterocycles. The first kappa shape index (κ1) is 23.5. The lowest BCUT2D eigenvalue weighted by Crippen LogP contribution is -2.27. The average Bonchev–Trinajstić information content (AvgIpc) is 3.11. The van der Waals surface area contributed by atoms with Gasteiger partial charge in [0.05, 0.1) is 23.3 Å². The fourth-order valence-corrected chi connectivity index (χ4v) is 4.53. The van der Waals surface area contributed by atoms with Crippen LogP contribution in [0.25, 0.3) is 6.08 Å². The minimum Gasteiger partial charge on any atom is -0.493 e. The van der Waals surface area contributed by atoms with Crippen molar-refractivity contribution in [2.24, 2.45) is 0 Å². The number of carbonyl (C=O) groups is 2. The Hall–Kier alpha value is -3.69. The van der Waals surface area contributed by atoms with E-state index in [9.17, 15) is 14.0 Å². The molecule has 0 spiro atoms. The van der Waals surface area contributed by atoms with Crippen LogP contribution in [0.15, 0.2) is 71.6 Å². The molecule has 6 nitrogen and oxygen atoms in total. The minimum atomic E-state index is -1.05. The fourth-order valence-electron chi connectivity index (χ4n) is 3.23. The van der Waals surface area contributed by atoms with Crippen LogP contribution >= 0.6 is 24.0 Å². The zero-order valence-electron chi connectivity index (χ0n) is 17.9. The lowest BCUT2D eigenvalue weighted by molar-refractivity contribution is -0.113. The first-order chi connectivity index (χ1) is 16.4. The number of thioether (sulfide) groups is 1. The van der Waals surface area contributed by atoms with Crippen LogP contribution in [0.5, 0.6) is 11.5 Å². The third kappa shape index (κ3) is 5.11. The highest BCUT2D eigenvalue weighted by molar-refractivity contribution is 8.27. The Balaban J connectivity index is 1.51. The van der Waals surface area contributed by atoms with Crippen LogP contribution in [0.4, 0.5) is 10.1 Å². The van der Waals surface area contributed by atoms with Crippen LogP contribution in [0.3, 0.4) is 0 Å². The van der Waals surface area contributed by atoms with Crippen molar-refractivity contribution in [3.8, 4) is 11.5 Å². The fraction of sp³-hybridized carbons (Fsp3) is 0.0800. The summed E-state index contributed by atoms with van der Waals surface area (Å²) in [6, 6.07) is 17.3. The van der Waals surface area contributed by atoms with E-state index in [1.807, 2.05) is 0 Å². The topological polar surface area (TPSA) is 76.1 Å². The summed E-state index contributed by atoms with van der Waals surface area (Å²) in [5, 5.41) is 9.06. The molecule has 1 aliphatic heterocycles. The van der Waals surface area contributed by atoms with E-state index in [4.69, 9.17) is 26.8 Å². The Kier molecular flexibility index (Phi) is 6.95. The second kappa shape index (κ2) is 10.1. The monoisotopic (exact) mass is 495 g/mol. The average molecular weight is 496 g/mol. The van der Waals surface area contributed by atoms with Crippen molar-refractivity contribution < 1.29 is 28.6 Å². The number of benzene rings is 3. The highest BCUT2D eigenvalue weighted by Gasteiger charge is 2.33. The molecule has 3 aromatic carbocycles. The number of carboxylic acid groups (broad SMARTS) is 1. The molecule has 0 atom stereocenters. The van der Waals surface area contributed by atoms with Crippen LogP contribution in [-0.2, 0) is 11.4 Å². The summed E-state index contributed by atoms with van der Waals surface area (Å²) in [7, 11) is 1.52. The Morgan fingerprint density at radius 3 is 2.44 bits per heavy atom. The number of nitrogens with zero attached hydrogens (tertiary/aromatic N) is 1. The van der Waals surface area contributed by atoms with Crippen LogP contribution in [0.1, 0.15) is 21.5 Å². The van der Waals surface area contributed by atoms with Crippen molar-refractivity contribution in [2.45, 2.75) is 6.61 Å². The summed E-state index contributed by atoms with van der Waals surface area (Å²) in [5.41, 5.74) is 2.15. The second-order valence-electron chi connectivity index (χ2n) is 7.19. The maximum atomic E-state index is 13.1. The lowest BCUT2D eigenvalue weighted by Gasteiger charge is -2.14. The van der Waals surface area contributed by atoms with Gasteiger partial charge in [-0.1, -0.05) is 42.2 Å². The van der Waals surface area contributed by atoms with Gasteiger partial charge in [-0.2, -0.15) is 0 Å². The molecule has 0 saturated carbocycles. The Labute approximate surface area is 204 Å². The van der Waals surface area contributed by atoms with Crippen molar-refractivity contribution >= 4 is 51.9 Å². The summed E-state index contributed by atoms with van der Waals surface area (Å²) in [6.45, 7) is 0.245.